The number of aryl methyl sites for hydroxylation is 1. The monoisotopic (exact) mass is 236 g/mol. The summed E-state index contributed by atoms with van der Waals surface area (Å²) in [6.45, 7) is 3.98. The van der Waals surface area contributed by atoms with E-state index in [9.17, 15) is 4.79 Å². The van der Waals surface area contributed by atoms with E-state index in [1.165, 1.54) is 11.1 Å². The average Bonchev–Trinajstić information content (AvgIpc) is 2.60. The van der Waals surface area contributed by atoms with Gasteiger partial charge in [-0.15, -0.1) is 0 Å². The first-order valence-electron chi connectivity index (χ1n) is 6.08. The van der Waals surface area contributed by atoms with Crippen molar-refractivity contribution in [1.29, 1.82) is 0 Å². The molecule has 0 amide bonds. The first-order valence-corrected chi connectivity index (χ1v) is 6.08. The Bertz CT molecular complexity index is 435. The van der Waals surface area contributed by atoms with Gasteiger partial charge in [-0.1, -0.05) is 0 Å². The Labute approximate surface area is 101 Å². The number of fused-ring (bicyclic) bond motifs is 1. The Hall–Kier alpha value is -1.29. The molecule has 4 nitrogen and oxygen atoms in total. The van der Waals surface area contributed by atoms with Gasteiger partial charge in [-0.3, -0.25) is 4.79 Å². The summed E-state index contributed by atoms with van der Waals surface area (Å²) in [7, 11) is 0. The van der Waals surface area contributed by atoms with Gasteiger partial charge in [0, 0.05) is 25.0 Å². The summed E-state index contributed by atoms with van der Waals surface area (Å²) in [4.78, 5) is 11.1. The number of nitrogens with two attached hydrogens (primary N) is 1. The summed E-state index contributed by atoms with van der Waals surface area (Å²) in [5, 5.41) is 9.12. The van der Waals surface area contributed by atoms with Crippen LogP contribution in [0.25, 0.3) is 0 Å². The number of carbonyl (C=O) groups is 1. The van der Waals surface area contributed by atoms with Crippen molar-refractivity contribution in [3.63, 3.8) is 0 Å². The highest BCUT2D eigenvalue weighted by Gasteiger charge is 2.28. The van der Waals surface area contributed by atoms with Crippen LogP contribution in [0.3, 0.4) is 0 Å². The summed E-state index contributed by atoms with van der Waals surface area (Å²) in [5.41, 5.74) is 7.78. The molecule has 4 heteroatoms. The molecule has 1 aliphatic rings. The van der Waals surface area contributed by atoms with Gasteiger partial charge < -0.3 is 15.4 Å². The van der Waals surface area contributed by atoms with Gasteiger partial charge in [0.25, 0.3) is 0 Å². The van der Waals surface area contributed by atoms with Crippen LogP contribution in [0.1, 0.15) is 43.9 Å². The number of aliphatic carboxylic acids is 1. The van der Waals surface area contributed by atoms with Gasteiger partial charge in [0.05, 0.1) is 5.41 Å². The molecule has 2 rings (SSSR count). The van der Waals surface area contributed by atoms with Crippen LogP contribution < -0.4 is 5.73 Å². The van der Waals surface area contributed by atoms with Gasteiger partial charge in [0.1, 0.15) is 0 Å². The molecule has 17 heavy (non-hydrogen) atoms. The third kappa shape index (κ3) is 2.36. The maximum Gasteiger partial charge on any atom is 0.310 e. The van der Waals surface area contributed by atoms with E-state index in [-0.39, 0.29) is 6.04 Å². The van der Waals surface area contributed by atoms with E-state index in [1.807, 2.05) is 10.8 Å². The van der Waals surface area contributed by atoms with Gasteiger partial charge in [0.2, 0.25) is 0 Å². The van der Waals surface area contributed by atoms with Gasteiger partial charge in [-0.2, -0.15) is 0 Å². The molecule has 0 bridgehead atoms. The number of carboxylic acids is 1. The number of carboxylic acid groups (broad SMARTS) is 1. The van der Waals surface area contributed by atoms with Gasteiger partial charge >= 0.3 is 5.97 Å². The zero-order valence-corrected chi connectivity index (χ0v) is 10.4. The zero-order chi connectivity index (χ0) is 12.6. The van der Waals surface area contributed by atoms with Crippen molar-refractivity contribution in [3.8, 4) is 0 Å². The predicted octanol–water partition coefficient (Wildman–Crippen LogP) is 1.94. The lowest BCUT2D eigenvalue weighted by Gasteiger charge is -2.19. The molecule has 1 heterocycles. The topological polar surface area (TPSA) is 68.2 Å². The number of aromatic nitrogens is 1. The number of hydrogen-bond donors (Lipinski definition) is 2. The predicted molar refractivity (Wildman–Crippen MR) is 65.7 cm³/mol. The highest BCUT2D eigenvalue weighted by atomic mass is 16.4. The van der Waals surface area contributed by atoms with Gasteiger partial charge in [0.15, 0.2) is 0 Å². The minimum atomic E-state index is -0.770. The van der Waals surface area contributed by atoms with Crippen molar-refractivity contribution in [1.82, 2.24) is 4.57 Å². The van der Waals surface area contributed by atoms with Crippen molar-refractivity contribution in [2.24, 2.45) is 11.1 Å². The van der Waals surface area contributed by atoms with E-state index in [4.69, 9.17) is 10.8 Å². The Balaban J connectivity index is 2.21. The molecule has 0 aromatic carbocycles. The van der Waals surface area contributed by atoms with Crippen molar-refractivity contribution in [2.45, 2.75) is 45.7 Å². The standard InChI is InChI=1S/C13H20N2O2/c1-13(2,12(16)17)8-15-6-9-4-3-5-11(14)10(9)7-15/h6-7,11H,3-5,8,14H2,1-2H3,(H,16,17). The molecule has 94 valence electrons. The molecule has 1 atom stereocenters. The fourth-order valence-corrected chi connectivity index (χ4v) is 2.40. The first kappa shape index (κ1) is 12.2. The van der Waals surface area contributed by atoms with Crippen LogP contribution in [0.15, 0.2) is 12.4 Å². The summed E-state index contributed by atoms with van der Waals surface area (Å²) in [5.74, 6) is -0.770. The molecule has 0 saturated carbocycles. The Kier molecular flexibility index (Phi) is 3.00. The number of rotatable bonds is 3. The molecule has 1 aromatic rings. The van der Waals surface area contributed by atoms with Crippen LogP contribution >= 0.6 is 0 Å². The van der Waals surface area contributed by atoms with E-state index < -0.39 is 11.4 Å². The van der Waals surface area contributed by atoms with Crippen molar-refractivity contribution >= 4 is 5.97 Å². The molecule has 1 unspecified atom stereocenters. The van der Waals surface area contributed by atoms with Gasteiger partial charge in [-0.05, 0) is 44.2 Å². The summed E-state index contributed by atoms with van der Waals surface area (Å²) in [6, 6.07) is 0.118. The minimum absolute atomic E-state index is 0.118. The molecule has 3 N–H and O–H groups in total. The molecule has 1 aromatic heterocycles. The Morgan fingerprint density at radius 1 is 1.59 bits per heavy atom. The normalized spacial score (nSPS) is 20.1. The lowest BCUT2D eigenvalue weighted by molar-refractivity contribution is -0.147. The van der Waals surface area contributed by atoms with Crippen LogP contribution in [0.2, 0.25) is 0 Å². The maximum atomic E-state index is 11.1. The second-order valence-electron chi connectivity index (χ2n) is 5.60. The smallest absolute Gasteiger partial charge is 0.310 e. The number of nitrogens with zero attached hydrogens (tertiary/aromatic N) is 1. The quantitative estimate of drug-likeness (QED) is 0.842. The third-order valence-corrected chi connectivity index (χ3v) is 3.51. The van der Waals surface area contributed by atoms with E-state index in [0.29, 0.717) is 6.54 Å². The highest BCUT2D eigenvalue weighted by molar-refractivity contribution is 5.73. The van der Waals surface area contributed by atoms with E-state index >= 15 is 0 Å². The average molecular weight is 236 g/mol. The largest absolute Gasteiger partial charge is 0.481 e. The SMILES string of the molecule is CC(C)(Cn1cc2c(c1)C(N)CCC2)C(=O)O. The second-order valence-corrected chi connectivity index (χ2v) is 5.60. The Morgan fingerprint density at radius 3 is 2.88 bits per heavy atom. The summed E-state index contributed by atoms with van der Waals surface area (Å²) < 4.78 is 1.98. The maximum absolute atomic E-state index is 11.1. The zero-order valence-electron chi connectivity index (χ0n) is 10.4. The van der Waals surface area contributed by atoms with E-state index in [2.05, 4.69) is 6.20 Å². The minimum Gasteiger partial charge on any atom is -0.481 e. The Morgan fingerprint density at radius 2 is 2.29 bits per heavy atom. The lowest BCUT2D eigenvalue weighted by atomic mass is 9.92. The molecular weight excluding hydrogens is 216 g/mol. The van der Waals surface area contributed by atoms with Crippen LogP contribution in [0.5, 0.6) is 0 Å². The fraction of sp³-hybridized carbons (Fsp3) is 0.615. The molecule has 1 aliphatic carbocycles. The van der Waals surface area contributed by atoms with E-state index in [1.54, 1.807) is 13.8 Å². The molecular formula is C13H20N2O2. The van der Waals surface area contributed by atoms with Crippen LogP contribution in [-0.4, -0.2) is 15.6 Å². The van der Waals surface area contributed by atoms with Crippen molar-refractivity contribution in [2.75, 3.05) is 0 Å². The lowest BCUT2D eigenvalue weighted by Crippen LogP contribution is -2.28. The molecule has 0 spiro atoms. The number of hydrogen-bond acceptors (Lipinski definition) is 2. The van der Waals surface area contributed by atoms with Crippen molar-refractivity contribution < 1.29 is 9.90 Å². The second kappa shape index (κ2) is 4.18. The molecule has 0 aliphatic heterocycles. The molecule has 0 fully saturated rings. The third-order valence-electron chi connectivity index (χ3n) is 3.51. The van der Waals surface area contributed by atoms with E-state index in [0.717, 1.165) is 19.3 Å². The van der Waals surface area contributed by atoms with Crippen LogP contribution in [-0.2, 0) is 17.8 Å². The highest BCUT2D eigenvalue weighted by Crippen LogP contribution is 2.30. The first-order chi connectivity index (χ1) is 7.90. The van der Waals surface area contributed by atoms with Crippen molar-refractivity contribution in [3.05, 3.63) is 23.5 Å². The molecule has 0 radical (unpaired) electrons. The summed E-state index contributed by atoms with van der Waals surface area (Å²) in [6.07, 6.45) is 7.28. The van der Waals surface area contributed by atoms with Gasteiger partial charge in [-0.25, -0.2) is 0 Å². The van der Waals surface area contributed by atoms with Crippen LogP contribution in [0.4, 0.5) is 0 Å². The fourth-order valence-electron chi connectivity index (χ4n) is 2.40. The molecule has 0 saturated heterocycles. The summed E-state index contributed by atoms with van der Waals surface area (Å²) >= 11 is 0. The van der Waals surface area contributed by atoms with Crippen LogP contribution in [0, 0.1) is 5.41 Å².